The summed E-state index contributed by atoms with van der Waals surface area (Å²) >= 11 is 1.93. The van der Waals surface area contributed by atoms with Gasteiger partial charge in [0.15, 0.2) is 11.5 Å². The van der Waals surface area contributed by atoms with Crippen molar-refractivity contribution in [2.45, 2.75) is 23.9 Å². The standard InChI is InChI=1S/C17H17NO2S/c1-11(12-6-7-15-16(8-12)20-10-19-15)18-14-9-21-17-5-3-2-4-13(14)17/h2-8,11,14,18H,9-10H2,1H3. The van der Waals surface area contributed by atoms with E-state index in [-0.39, 0.29) is 6.04 Å². The predicted molar refractivity (Wildman–Crippen MR) is 84.0 cm³/mol. The molecule has 2 atom stereocenters. The Bertz CT molecular complexity index is 674. The molecular formula is C17H17NO2S. The first-order chi connectivity index (χ1) is 10.3. The Labute approximate surface area is 128 Å². The maximum absolute atomic E-state index is 5.46. The second-order valence-corrected chi connectivity index (χ2v) is 6.46. The van der Waals surface area contributed by atoms with Crippen LogP contribution in [-0.2, 0) is 0 Å². The Morgan fingerprint density at radius 1 is 1.14 bits per heavy atom. The summed E-state index contributed by atoms with van der Waals surface area (Å²) in [5.41, 5.74) is 2.64. The second kappa shape index (κ2) is 5.28. The summed E-state index contributed by atoms with van der Waals surface area (Å²) in [6, 6.07) is 15.5. The lowest BCUT2D eigenvalue weighted by atomic mass is 10.0. The molecule has 2 aromatic rings. The van der Waals surface area contributed by atoms with E-state index in [0.29, 0.717) is 12.8 Å². The summed E-state index contributed by atoms with van der Waals surface area (Å²) in [4.78, 5) is 1.40. The zero-order chi connectivity index (χ0) is 14.2. The first kappa shape index (κ1) is 13.0. The molecule has 0 saturated heterocycles. The van der Waals surface area contributed by atoms with Crippen LogP contribution < -0.4 is 14.8 Å². The van der Waals surface area contributed by atoms with Gasteiger partial charge in [0, 0.05) is 22.7 Å². The van der Waals surface area contributed by atoms with E-state index < -0.39 is 0 Å². The van der Waals surface area contributed by atoms with E-state index in [1.807, 2.05) is 17.8 Å². The molecule has 0 aromatic heterocycles. The Morgan fingerprint density at radius 3 is 2.95 bits per heavy atom. The summed E-state index contributed by atoms with van der Waals surface area (Å²) in [7, 11) is 0. The van der Waals surface area contributed by atoms with Crippen LogP contribution in [0.3, 0.4) is 0 Å². The summed E-state index contributed by atoms with van der Waals surface area (Å²) < 4.78 is 10.8. The van der Waals surface area contributed by atoms with Crippen LogP contribution in [0.2, 0.25) is 0 Å². The maximum atomic E-state index is 5.46. The minimum absolute atomic E-state index is 0.274. The molecule has 1 N–H and O–H groups in total. The number of rotatable bonds is 3. The molecule has 4 rings (SSSR count). The molecule has 2 aliphatic heterocycles. The zero-order valence-electron chi connectivity index (χ0n) is 11.8. The molecule has 3 nitrogen and oxygen atoms in total. The van der Waals surface area contributed by atoms with Crippen LogP contribution in [0.4, 0.5) is 0 Å². The van der Waals surface area contributed by atoms with Gasteiger partial charge >= 0.3 is 0 Å². The number of hydrogen-bond donors (Lipinski definition) is 1. The van der Waals surface area contributed by atoms with Crippen molar-refractivity contribution in [3.63, 3.8) is 0 Å². The highest BCUT2D eigenvalue weighted by Gasteiger charge is 2.24. The van der Waals surface area contributed by atoms with Gasteiger partial charge in [-0.25, -0.2) is 0 Å². The molecule has 0 fully saturated rings. The average molecular weight is 299 g/mol. The van der Waals surface area contributed by atoms with Gasteiger partial charge < -0.3 is 14.8 Å². The van der Waals surface area contributed by atoms with Crippen LogP contribution in [0, 0.1) is 0 Å². The summed E-state index contributed by atoms with van der Waals surface area (Å²) in [6.07, 6.45) is 0. The fourth-order valence-corrected chi connectivity index (χ4v) is 4.05. The van der Waals surface area contributed by atoms with E-state index in [0.717, 1.165) is 17.3 Å². The fraction of sp³-hybridized carbons (Fsp3) is 0.294. The van der Waals surface area contributed by atoms with Gasteiger partial charge in [-0.15, -0.1) is 11.8 Å². The third kappa shape index (κ3) is 2.39. The smallest absolute Gasteiger partial charge is 0.231 e. The highest BCUT2D eigenvalue weighted by molar-refractivity contribution is 7.99. The van der Waals surface area contributed by atoms with Gasteiger partial charge in [0.05, 0.1) is 0 Å². The Balaban J connectivity index is 1.53. The van der Waals surface area contributed by atoms with Gasteiger partial charge in [0.2, 0.25) is 6.79 Å². The number of ether oxygens (including phenoxy) is 2. The lowest BCUT2D eigenvalue weighted by Gasteiger charge is -2.20. The zero-order valence-corrected chi connectivity index (χ0v) is 12.7. The molecule has 2 aliphatic rings. The van der Waals surface area contributed by atoms with Crippen molar-refractivity contribution < 1.29 is 9.47 Å². The monoisotopic (exact) mass is 299 g/mol. The molecule has 0 bridgehead atoms. The third-order valence-electron chi connectivity index (χ3n) is 4.05. The summed E-state index contributed by atoms with van der Waals surface area (Å²) in [5, 5.41) is 3.73. The van der Waals surface area contributed by atoms with E-state index in [9.17, 15) is 0 Å². The molecule has 0 amide bonds. The van der Waals surface area contributed by atoms with Crippen molar-refractivity contribution in [1.82, 2.24) is 5.32 Å². The SMILES string of the molecule is CC(NC1CSc2ccccc21)c1ccc2c(c1)OCO2. The van der Waals surface area contributed by atoms with Crippen molar-refractivity contribution in [3.8, 4) is 11.5 Å². The second-order valence-electron chi connectivity index (χ2n) is 5.40. The molecule has 2 heterocycles. The average Bonchev–Trinajstić information content (AvgIpc) is 3.13. The van der Waals surface area contributed by atoms with Crippen LogP contribution >= 0.6 is 11.8 Å². The van der Waals surface area contributed by atoms with E-state index in [1.54, 1.807) is 0 Å². The van der Waals surface area contributed by atoms with Crippen LogP contribution in [-0.4, -0.2) is 12.5 Å². The van der Waals surface area contributed by atoms with Crippen LogP contribution in [0.5, 0.6) is 11.5 Å². The van der Waals surface area contributed by atoms with E-state index >= 15 is 0 Å². The highest BCUT2D eigenvalue weighted by atomic mass is 32.2. The first-order valence-electron chi connectivity index (χ1n) is 7.18. The van der Waals surface area contributed by atoms with Gasteiger partial charge in [0.25, 0.3) is 0 Å². The van der Waals surface area contributed by atoms with Crippen LogP contribution in [0.15, 0.2) is 47.4 Å². The summed E-state index contributed by atoms with van der Waals surface area (Å²) in [6.45, 7) is 2.52. The maximum Gasteiger partial charge on any atom is 0.231 e. The quantitative estimate of drug-likeness (QED) is 0.930. The van der Waals surface area contributed by atoms with Crippen molar-refractivity contribution >= 4 is 11.8 Å². The lowest BCUT2D eigenvalue weighted by molar-refractivity contribution is 0.174. The molecule has 2 unspecified atom stereocenters. The number of benzene rings is 2. The van der Waals surface area contributed by atoms with Crippen LogP contribution in [0.1, 0.15) is 30.1 Å². The fourth-order valence-electron chi connectivity index (χ4n) is 2.88. The molecule has 0 spiro atoms. The minimum Gasteiger partial charge on any atom is -0.454 e. The van der Waals surface area contributed by atoms with Gasteiger partial charge in [0.1, 0.15) is 0 Å². The van der Waals surface area contributed by atoms with E-state index in [4.69, 9.17) is 9.47 Å². The highest BCUT2D eigenvalue weighted by Crippen LogP contribution is 2.39. The van der Waals surface area contributed by atoms with E-state index in [2.05, 4.69) is 48.6 Å². The van der Waals surface area contributed by atoms with Gasteiger partial charge in [-0.05, 0) is 36.2 Å². The molecule has 4 heteroatoms. The Kier molecular flexibility index (Phi) is 3.28. The molecule has 0 saturated carbocycles. The molecule has 2 aromatic carbocycles. The van der Waals surface area contributed by atoms with Gasteiger partial charge in [-0.2, -0.15) is 0 Å². The topological polar surface area (TPSA) is 30.5 Å². The van der Waals surface area contributed by atoms with Gasteiger partial charge in [-0.3, -0.25) is 0 Å². The van der Waals surface area contributed by atoms with E-state index in [1.165, 1.54) is 16.0 Å². The minimum atomic E-state index is 0.274. The van der Waals surface area contributed by atoms with Crippen molar-refractivity contribution in [3.05, 3.63) is 53.6 Å². The number of thioether (sulfide) groups is 1. The number of hydrogen-bond acceptors (Lipinski definition) is 4. The number of fused-ring (bicyclic) bond motifs is 2. The van der Waals surface area contributed by atoms with Crippen molar-refractivity contribution in [2.24, 2.45) is 0 Å². The molecule has 0 aliphatic carbocycles. The largest absolute Gasteiger partial charge is 0.454 e. The molecule has 0 radical (unpaired) electrons. The number of nitrogens with one attached hydrogen (secondary N) is 1. The first-order valence-corrected chi connectivity index (χ1v) is 8.17. The van der Waals surface area contributed by atoms with Gasteiger partial charge in [-0.1, -0.05) is 24.3 Å². The third-order valence-corrected chi connectivity index (χ3v) is 5.23. The Morgan fingerprint density at radius 2 is 2.00 bits per heavy atom. The molecule has 108 valence electrons. The summed E-state index contributed by atoms with van der Waals surface area (Å²) in [5.74, 6) is 2.78. The molecular weight excluding hydrogens is 282 g/mol. The molecule has 21 heavy (non-hydrogen) atoms. The van der Waals surface area contributed by atoms with Crippen molar-refractivity contribution in [1.29, 1.82) is 0 Å². The lowest BCUT2D eigenvalue weighted by Crippen LogP contribution is -2.24. The predicted octanol–water partition coefficient (Wildman–Crippen LogP) is 3.91. The van der Waals surface area contributed by atoms with Crippen molar-refractivity contribution in [2.75, 3.05) is 12.5 Å². The normalized spacial score (nSPS) is 20.3. The van der Waals surface area contributed by atoms with Crippen LogP contribution in [0.25, 0.3) is 0 Å². The Hall–Kier alpha value is -1.65.